The molecule has 1 fully saturated rings. The molecule has 1 unspecified atom stereocenters. The van der Waals surface area contributed by atoms with Crippen LogP contribution in [0.2, 0.25) is 0 Å². The molecule has 0 spiro atoms. The van der Waals surface area contributed by atoms with Gasteiger partial charge in [-0.3, -0.25) is 0 Å². The fraction of sp³-hybridized carbons (Fsp3) is 0.250. The topological polar surface area (TPSA) is 75.4 Å². The van der Waals surface area contributed by atoms with Crippen LogP contribution >= 0.6 is 11.3 Å². The van der Waals surface area contributed by atoms with Crippen molar-refractivity contribution in [2.45, 2.75) is 30.0 Å². The second kappa shape index (κ2) is 9.65. The molecule has 6 rings (SSSR count). The number of alkyl halides is 3. The lowest BCUT2D eigenvalue weighted by Crippen LogP contribution is -2.51. The molecule has 0 amide bonds. The standard InChI is InChI=1S/C28H23F4N3O3S2/c29-21-5-7-22(8-6-21)35-24-14-20-11-12-34(40(37,38)23-9-3-19(4-10-23)28(30,31)32)17-27(20,15-18(24)16-33-35)26(36)25-2-1-13-39-25/h1-10,13-14,16,26,36H,11-12,15,17H2/t26-,27?/m0/s1. The van der Waals surface area contributed by atoms with Crippen LogP contribution in [0, 0.1) is 11.2 Å². The first-order chi connectivity index (χ1) is 19.0. The van der Waals surface area contributed by atoms with Gasteiger partial charge in [0.1, 0.15) is 5.82 Å². The highest BCUT2D eigenvalue weighted by atomic mass is 32.2. The predicted molar refractivity (Wildman–Crippen MR) is 142 cm³/mol. The van der Waals surface area contributed by atoms with Crippen molar-refractivity contribution in [2.75, 3.05) is 13.1 Å². The molecule has 40 heavy (non-hydrogen) atoms. The Morgan fingerprint density at radius 2 is 1.77 bits per heavy atom. The third-order valence-electron chi connectivity index (χ3n) is 7.66. The lowest BCUT2D eigenvalue weighted by atomic mass is 9.65. The highest BCUT2D eigenvalue weighted by molar-refractivity contribution is 7.89. The summed E-state index contributed by atoms with van der Waals surface area (Å²) in [7, 11) is -4.16. The van der Waals surface area contributed by atoms with Gasteiger partial charge in [-0.1, -0.05) is 11.6 Å². The Morgan fingerprint density at radius 1 is 1.05 bits per heavy atom. The third kappa shape index (κ3) is 4.48. The van der Waals surface area contributed by atoms with Crippen molar-refractivity contribution in [3.63, 3.8) is 0 Å². The first-order valence-corrected chi connectivity index (χ1v) is 14.7. The fourth-order valence-corrected chi connectivity index (χ4v) is 7.93. The summed E-state index contributed by atoms with van der Waals surface area (Å²) >= 11 is 1.36. The average Bonchev–Trinajstić information content (AvgIpc) is 3.61. The van der Waals surface area contributed by atoms with E-state index in [1.54, 1.807) is 29.1 Å². The number of aromatic nitrogens is 2. The molecule has 3 heterocycles. The molecule has 208 valence electrons. The van der Waals surface area contributed by atoms with E-state index in [1.807, 2.05) is 17.5 Å². The zero-order valence-corrected chi connectivity index (χ0v) is 22.5. The highest BCUT2D eigenvalue weighted by Crippen LogP contribution is 2.52. The third-order valence-corrected chi connectivity index (χ3v) is 10.4. The molecule has 2 atom stereocenters. The number of piperidine rings is 1. The number of sulfonamides is 1. The maximum Gasteiger partial charge on any atom is 0.416 e. The van der Waals surface area contributed by atoms with Gasteiger partial charge in [-0.15, -0.1) is 11.3 Å². The number of thiophene rings is 1. The summed E-state index contributed by atoms with van der Waals surface area (Å²) in [4.78, 5) is 0.434. The van der Waals surface area contributed by atoms with Crippen LogP contribution in [0.4, 0.5) is 17.6 Å². The Balaban J connectivity index is 1.40. The number of halogens is 4. The molecule has 6 nitrogen and oxygen atoms in total. The molecule has 1 aliphatic heterocycles. The molecule has 0 radical (unpaired) electrons. The number of aliphatic hydroxyl groups excluding tert-OH is 1. The zero-order chi connectivity index (χ0) is 28.3. The maximum absolute atomic E-state index is 13.6. The summed E-state index contributed by atoms with van der Waals surface area (Å²) in [6.07, 6.45) is -1.44. The Bertz CT molecular complexity index is 1680. The summed E-state index contributed by atoms with van der Waals surface area (Å²) in [6, 6.07) is 13.0. The Hall–Kier alpha value is -3.32. The molecule has 0 bridgehead atoms. The van der Waals surface area contributed by atoms with Gasteiger partial charge < -0.3 is 5.11 Å². The van der Waals surface area contributed by atoms with E-state index in [1.165, 1.54) is 27.8 Å². The van der Waals surface area contributed by atoms with Crippen molar-refractivity contribution in [3.8, 4) is 5.69 Å². The second-order valence-electron chi connectivity index (χ2n) is 9.97. The van der Waals surface area contributed by atoms with Crippen molar-refractivity contribution in [3.05, 3.63) is 105 Å². The quantitative estimate of drug-likeness (QED) is 0.297. The number of hydrogen-bond acceptors (Lipinski definition) is 5. The van der Waals surface area contributed by atoms with Crippen LogP contribution in [-0.2, 0) is 22.6 Å². The molecule has 12 heteroatoms. The number of nitrogens with zero attached hydrogens (tertiary/aromatic N) is 3. The lowest BCUT2D eigenvalue weighted by molar-refractivity contribution is -0.137. The van der Waals surface area contributed by atoms with Crippen LogP contribution in [0.1, 0.15) is 34.2 Å². The summed E-state index contributed by atoms with van der Waals surface area (Å²) in [5, 5.41) is 18.1. The van der Waals surface area contributed by atoms with Crippen LogP contribution in [0.15, 0.2) is 82.7 Å². The van der Waals surface area contributed by atoms with Gasteiger partial charge in [0.25, 0.3) is 0 Å². The zero-order valence-electron chi connectivity index (χ0n) is 20.8. The van der Waals surface area contributed by atoms with Gasteiger partial charge in [0.2, 0.25) is 10.0 Å². The van der Waals surface area contributed by atoms with Crippen LogP contribution in [0.5, 0.6) is 0 Å². The average molecular weight is 590 g/mol. The maximum atomic E-state index is 13.6. The minimum absolute atomic E-state index is 0.0670. The molecule has 0 saturated carbocycles. The second-order valence-corrected chi connectivity index (χ2v) is 12.9. The van der Waals surface area contributed by atoms with Gasteiger partial charge in [-0.2, -0.15) is 22.6 Å². The van der Waals surface area contributed by atoms with Crippen LogP contribution in [0.3, 0.4) is 0 Å². The Labute approximate surface area is 231 Å². The van der Waals surface area contributed by atoms with E-state index in [-0.39, 0.29) is 30.2 Å². The first kappa shape index (κ1) is 26.9. The normalized spacial score (nSPS) is 20.5. The molecular formula is C28H23F4N3O3S2. The largest absolute Gasteiger partial charge is 0.416 e. The van der Waals surface area contributed by atoms with Gasteiger partial charge in [-0.25, -0.2) is 17.5 Å². The van der Waals surface area contributed by atoms with E-state index in [9.17, 15) is 31.1 Å². The molecular weight excluding hydrogens is 566 g/mol. The molecule has 2 aromatic heterocycles. The molecule has 1 N–H and O–H groups in total. The van der Waals surface area contributed by atoms with E-state index in [0.29, 0.717) is 17.0 Å². The van der Waals surface area contributed by atoms with Crippen molar-refractivity contribution in [1.82, 2.24) is 14.1 Å². The van der Waals surface area contributed by atoms with Gasteiger partial charge in [0.05, 0.1) is 34.1 Å². The number of hydrogen-bond donors (Lipinski definition) is 1. The lowest BCUT2D eigenvalue weighted by Gasteiger charge is -2.48. The monoisotopic (exact) mass is 589 g/mol. The van der Waals surface area contributed by atoms with Crippen molar-refractivity contribution < 1.29 is 31.1 Å². The highest BCUT2D eigenvalue weighted by Gasteiger charge is 2.51. The number of rotatable bonds is 5. The van der Waals surface area contributed by atoms with Crippen molar-refractivity contribution in [1.29, 1.82) is 0 Å². The van der Waals surface area contributed by atoms with E-state index >= 15 is 0 Å². The molecule has 1 saturated heterocycles. The molecule has 2 aromatic carbocycles. The van der Waals surface area contributed by atoms with Crippen LogP contribution in [0.25, 0.3) is 11.8 Å². The summed E-state index contributed by atoms with van der Waals surface area (Å²) in [6.45, 7) is 0.0243. The van der Waals surface area contributed by atoms with Crippen molar-refractivity contribution >= 4 is 27.4 Å². The van der Waals surface area contributed by atoms with E-state index in [0.717, 1.165) is 41.1 Å². The molecule has 4 aromatic rings. The summed E-state index contributed by atoms with van der Waals surface area (Å²) in [5.41, 5.74) is 1.12. The molecule has 1 aliphatic carbocycles. The Kier molecular flexibility index (Phi) is 6.49. The minimum Gasteiger partial charge on any atom is -0.387 e. The van der Waals surface area contributed by atoms with E-state index in [2.05, 4.69) is 5.10 Å². The van der Waals surface area contributed by atoms with Gasteiger partial charge in [-0.05, 0) is 84.5 Å². The Morgan fingerprint density at radius 3 is 2.42 bits per heavy atom. The SMILES string of the molecule is O=S(=O)(c1ccc(C(F)(F)F)cc1)N1CCC2=Cc3c(cnn3-c3ccc(F)cc3)CC2([C@@H](O)c2cccs2)C1. The smallest absolute Gasteiger partial charge is 0.387 e. The van der Waals surface area contributed by atoms with Crippen LogP contribution < -0.4 is 0 Å². The number of benzene rings is 2. The number of fused-ring (bicyclic) bond motifs is 2. The number of aliphatic hydroxyl groups is 1. The van der Waals surface area contributed by atoms with E-state index in [4.69, 9.17) is 0 Å². The summed E-state index contributed by atoms with van der Waals surface area (Å²) < 4.78 is 82.9. The van der Waals surface area contributed by atoms with E-state index < -0.39 is 33.3 Å². The minimum atomic E-state index is -4.58. The molecule has 2 aliphatic rings. The van der Waals surface area contributed by atoms with Gasteiger partial charge in [0.15, 0.2) is 0 Å². The fourth-order valence-electron chi connectivity index (χ4n) is 5.60. The first-order valence-electron chi connectivity index (χ1n) is 12.4. The van der Waals surface area contributed by atoms with Gasteiger partial charge >= 0.3 is 6.18 Å². The summed E-state index contributed by atoms with van der Waals surface area (Å²) in [5.74, 6) is -0.372. The predicted octanol–water partition coefficient (Wildman–Crippen LogP) is 5.85. The van der Waals surface area contributed by atoms with Gasteiger partial charge in [0, 0.05) is 23.4 Å². The van der Waals surface area contributed by atoms with Crippen LogP contribution in [-0.4, -0.2) is 40.7 Å². The van der Waals surface area contributed by atoms with Crippen molar-refractivity contribution in [2.24, 2.45) is 5.41 Å².